The topological polar surface area (TPSA) is 69.6 Å². The maximum absolute atomic E-state index is 11.9. The van der Waals surface area contributed by atoms with Crippen molar-refractivity contribution in [2.75, 3.05) is 6.54 Å². The minimum atomic E-state index is -0.903. The number of carboxylic acids is 1. The van der Waals surface area contributed by atoms with Gasteiger partial charge in [-0.2, -0.15) is 0 Å². The summed E-state index contributed by atoms with van der Waals surface area (Å²) in [5.41, 5.74) is 2.30. The van der Waals surface area contributed by atoms with Crippen LogP contribution in [-0.2, 0) is 17.9 Å². The Morgan fingerprint density at radius 1 is 1.33 bits per heavy atom. The van der Waals surface area contributed by atoms with Crippen molar-refractivity contribution in [3.05, 3.63) is 35.4 Å². The predicted molar refractivity (Wildman–Crippen MR) is 65.9 cm³/mol. The molecule has 0 aromatic heterocycles. The van der Waals surface area contributed by atoms with Crippen molar-refractivity contribution in [3.8, 4) is 0 Å². The molecule has 0 saturated heterocycles. The van der Waals surface area contributed by atoms with Gasteiger partial charge in [-0.1, -0.05) is 31.2 Å². The quantitative estimate of drug-likeness (QED) is 0.850. The fourth-order valence-corrected chi connectivity index (χ4v) is 1.92. The zero-order valence-corrected chi connectivity index (χ0v) is 10.2. The molecule has 0 bridgehead atoms. The highest BCUT2D eigenvalue weighted by atomic mass is 16.4. The van der Waals surface area contributed by atoms with Gasteiger partial charge >= 0.3 is 12.0 Å². The van der Waals surface area contributed by atoms with E-state index >= 15 is 0 Å². The fourth-order valence-electron chi connectivity index (χ4n) is 1.92. The molecule has 0 radical (unpaired) electrons. The highest BCUT2D eigenvalue weighted by Gasteiger charge is 2.23. The van der Waals surface area contributed by atoms with Crippen LogP contribution in [0.25, 0.3) is 0 Å². The van der Waals surface area contributed by atoms with E-state index in [1.165, 1.54) is 0 Å². The van der Waals surface area contributed by atoms with Crippen molar-refractivity contribution >= 4 is 12.0 Å². The van der Waals surface area contributed by atoms with Gasteiger partial charge in [-0.25, -0.2) is 4.79 Å². The molecular weight excluding hydrogens is 232 g/mol. The smallest absolute Gasteiger partial charge is 0.318 e. The monoisotopic (exact) mass is 248 g/mol. The summed E-state index contributed by atoms with van der Waals surface area (Å²) in [4.78, 5) is 24.2. The first kappa shape index (κ1) is 12.4. The summed E-state index contributed by atoms with van der Waals surface area (Å²) >= 11 is 0. The van der Waals surface area contributed by atoms with Crippen LogP contribution < -0.4 is 5.32 Å². The Bertz CT molecular complexity index is 448. The molecule has 0 saturated carbocycles. The van der Waals surface area contributed by atoms with Crippen LogP contribution in [0.5, 0.6) is 0 Å². The third kappa shape index (κ3) is 2.61. The largest absolute Gasteiger partial charge is 0.481 e. The number of hydrogen-bond donors (Lipinski definition) is 2. The molecule has 1 heterocycles. The van der Waals surface area contributed by atoms with Crippen molar-refractivity contribution in [3.63, 3.8) is 0 Å². The van der Waals surface area contributed by atoms with Crippen LogP contribution in [0, 0.1) is 5.92 Å². The molecular formula is C13H16N2O3. The van der Waals surface area contributed by atoms with Gasteiger partial charge in [0.2, 0.25) is 0 Å². The number of aliphatic carboxylic acids is 1. The van der Waals surface area contributed by atoms with Crippen LogP contribution in [0.3, 0.4) is 0 Å². The Morgan fingerprint density at radius 2 is 1.89 bits per heavy atom. The summed E-state index contributed by atoms with van der Waals surface area (Å²) in [7, 11) is 0. The second-order valence-electron chi connectivity index (χ2n) is 4.55. The lowest BCUT2D eigenvalue weighted by atomic mass is 10.1. The number of carbonyl (C=O) groups is 2. The zero-order valence-electron chi connectivity index (χ0n) is 10.2. The molecule has 1 aliphatic rings. The standard InChI is InChI=1S/C13H16N2O3/c1-9(12(16)17)6-14-13(18)15-7-10-4-2-3-5-11(10)8-15/h2-5,9H,6-8H2,1H3,(H,14,18)(H,16,17). The van der Waals surface area contributed by atoms with E-state index in [9.17, 15) is 9.59 Å². The van der Waals surface area contributed by atoms with E-state index in [-0.39, 0.29) is 12.6 Å². The van der Waals surface area contributed by atoms with E-state index in [1.807, 2.05) is 24.3 Å². The predicted octanol–water partition coefficient (Wildman–Crippen LogP) is 1.43. The molecule has 1 unspecified atom stereocenters. The molecule has 2 amide bonds. The zero-order chi connectivity index (χ0) is 13.1. The van der Waals surface area contributed by atoms with Crippen LogP contribution in [-0.4, -0.2) is 28.6 Å². The molecule has 96 valence electrons. The Kier molecular flexibility index (Phi) is 3.50. The van der Waals surface area contributed by atoms with Crippen molar-refractivity contribution in [1.82, 2.24) is 10.2 Å². The van der Waals surface area contributed by atoms with E-state index in [2.05, 4.69) is 5.32 Å². The summed E-state index contributed by atoms with van der Waals surface area (Å²) in [5.74, 6) is -1.47. The number of amides is 2. The minimum Gasteiger partial charge on any atom is -0.481 e. The average molecular weight is 248 g/mol. The number of benzene rings is 1. The van der Waals surface area contributed by atoms with Crippen molar-refractivity contribution < 1.29 is 14.7 Å². The molecule has 18 heavy (non-hydrogen) atoms. The van der Waals surface area contributed by atoms with Crippen LogP contribution in [0.1, 0.15) is 18.1 Å². The third-order valence-electron chi connectivity index (χ3n) is 3.11. The highest BCUT2D eigenvalue weighted by Crippen LogP contribution is 2.21. The van der Waals surface area contributed by atoms with Gasteiger partial charge in [0.25, 0.3) is 0 Å². The van der Waals surface area contributed by atoms with Gasteiger partial charge in [-0.3, -0.25) is 4.79 Å². The summed E-state index contributed by atoms with van der Waals surface area (Å²) in [6, 6.07) is 7.70. The van der Waals surface area contributed by atoms with E-state index in [0.717, 1.165) is 11.1 Å². The lowest BCUT2D eigenvalue weighted by Crippen LogP contribution is -2.39. The van der Waals surface area contributed by atoms with Crippen molar-refractivity contribution in [2.24, 2.45) is 5.92 Å². The minimum absolute atomic E-state index is 0.154. The Balaban J connectivity index is 1.88. The molecule has 2 rings (SSSR count). The van der Waals surface area contributed by atoms with Gasteiger partial charge < -0.3 is 15.3 Å². The Morgan fingerprint density at radius 3 is 2.39 bits per heavy atom. The van der Waals surface area contributed by atoms with E-state index in [4.69, 9.17) is 5.11 Å². The second kappa shape index (κ2) is 5.08. The number of urea groups is 1. The first-order chi connectivity index (χ1) is 8.58. The number of rotatable bonds is 3. The highest BCUT2D eigenvalue weighted by molar-refractivity contribution is 5.76. The van der Waals surface area contributed by atoms with Crippen LogP contribution in [0.15, 0.2) is 24.3 Å². The van der Waals surface area contributed by atoms with Crippen molar-refractivity contribution in [2.45, 2.75) is 20.0 Å². The Hall–Kier alpha value is -2.04. The van der Waals surface area contributed by atoms with Crippen LogP contribution in [0.2, 0.25) is 0 Å². The number of carbonyl (C=O) groups excluding carboxylic acids is 1. The molecule has 1 aromatic rings. The number of carboxylic acid groups (broad SMARTS) is 1. The van der Waals surface area contributed by atoms with Crippen LogP contribution >= 0.6 is 0 Å². The first-order valence-corrected chi connectivity index (χ1v) is 5.90. The number of nitrogens with zero attached hydrogens (tertiary/aromatic N) is 1. The Labute approximate surface area is 105 Å². The number of nitrogens with one attached hydrogen (secondary N) is 1. The maximum atomic E-state index is 11.9. The first-order valence-electron chi connectivity index (χ1n) is 5.90. The molecule has 5 nitrogen and oxygen atoms in total. The molecule has 0 spiro atoms. The summed E-state index contributed by atoms with van der Waals surface area (Å²) in [6.07, 6.45) is 0. The lowest BCUT2D eigenvalue weighted by molar-refractivity contribution is -0.140. The molecule has 1 aliphatic heterocycles. The molecule has 5 heteroatoms. The SMILES string of the molecule is CC(CNC(=O)N1Cc2ccccc2C1)C(=O)O. The summed E-state index contributed by atoms with van der Waals surface area (Å²) in [5, 5.41) is 11.4. The second-order valence-corrected chi connectivity index (χ2v) is 4.55. The van der Waals surface area contributed by atoms with E-state index < -0.39 is 11.9 Å². The van der Waals surface area contributed by atoms with E-state index in [0.29, 0.717) is 13.1 Å². The maximum Gasteiger partial charge on any atom is 0.318 e. The summed E-state index contributed by atoms with van der Waals surface area (Å²) < 4.78 is 0. The molecule has 2 N–H and O–H groups in total. The normalized spacial score (nSPS) is 15.1. The van der Waals surface area contributed by atoms with Gasteiger partial charge in [0, 0.05) is 19.6 Å². The van der Waals surface area contributed by atoms with Gasteiger partial charge in [0.05, 0.1) is 5.92 Å². The molecule has 1 atom stereocenters. The lowest BCUT2D eigenvalue weighted by Gasteiger charge is -2.17. The molecule has 0 fully saturated rings. The third-order valence-corrected chi connectivity index (χ3v) is 3.11. The summed E-state index contributed by atoms with van der Waals surface area (Å²) in [6.45, 7) is 2.90. The van der Waals surface area contributed by atoms with Gasteiger partial charge in [0.1, 0.15) is 0 Å². The van der Waals surface area contributed by atoms with Gasteiger partial charge in [-0.15, -0.1) is 0 Å². The van der Waals surface area contributed by atoms with E-state index in [1.54, 1.807) is 11.8 Å². The van der Waals surface area contributed by atoms with Gasteiger partial charge in [-0.05, 0) is 11.1 Å². The average Bonchev–Trinajstić information content (AvgIpc) is 2.79. The number of fused-ring (bicyclic) bond motifs is 1. The van der Waals surface area contributed by atoms with Crippen molar-refractivity contribution in [1.29, 1.82) is 0 Å². The van der Waals surface area contributed by atoms with Crippen LogP contribution in [0.4, 0.5) is 4.79 Å². The molecule has 1 aromatic carbocycles. The van der Waals surface area contributed by atoms with Gasteiger partial charge in [0.15, 0.2) is 0 Å². The molecule has 0 aliphatic carbocycles. The number of hydrogen-bond acceptors (Lipinski definition) is 2. The fraction of sp³-hybridized carbons (Fsp3) is 0.385.